The van der Waals surface area contributed by atoms with Gasteiger partial charge < -0.3 is 34.3 Å². The van der Waals surface area contributed by atoms with Crippen molar-refractivity contribution in [2.24, 2.45) is 5.16 Å². The van der Waals surface area contributed by atoms with E-state index in [1.807, 2.05) is 13.8 Å². The van der Waals surface area contributed by atoms with Crippen LogP contribution in [0.25, 0.3) is 14.5 Å². The molecule has 0 atom stereocenters. The van der Waals surface area contributed by atoms with Gasteiger partial charge in [0, 0.05) is 26.2 Å². The number of oxime groups is 1. The topological polar surface area (TPSA) is 113 Å². The molecular formula is C19H30N6O5. The van der Waals surface area contributed by atoms with Crippen LogP contribution in [0.4, 0.5) is 0 Å². The van der Waals surface area contributed by atoms with Gasteiger partial charge in [0.25, 0.3) is 12.5 Å². The van der Waals surface area contributed by atoms with E-state index in [2.05, 4.69) is 24.4 Å². The lowest BCUT2D eigenvalue weighted by Gasteiger charge is -2.16. The van der Waals surface area contributed by atoms with Gasteiger partial charge in [-0.3, -0.25) is 9.59 Å². The molecule has 11 heteroatoms. The summed E-state index contributed by atoms with van der Waals surface area (Å²) < 4.78 is 4.43. The van der Waals surface area contributed by atoms with Crippen LogP contribution in [0.15, 0.2) is 5.16 Å². The summed E-state index contributed by atoms with van der Waals surface area (Å²) in [5.74, 6) is -1.53. The summed E-state index contributed by atoms with van der Waals surface area (Å²) in [6.45, 7) is 30.9. The monoisotopic (exact) mass is 422 g/mol. The van der Waals surface area contributed by atoms with E-state index < -0.39 is 17.7 Å². The van der Waals surface area contributed by atoms with Crippen molar-refractivity contribution in [1.82, 2.24) is 9.80 Å². The largest absolute Gasteiger partial charge is 0.460 e. The fraction of sp³-hybridized carbons (Fsp3) is 0.632. The smallest absolute Gasteiger partial charge is 0.387 e. The first-order chi connectivity index (χ1) is 14.3. The van der Waals surface area contributed by atoms with Crippen LogP contribution in [0.2, 0.25) is 0 Å². The van der Waals surface area contributed by atoms with Gasteiger partial charge in [-0.15, -0.1) is 0 Å². The Morgan fingerprint density at radius 2 is 1.33 bits per heavy atom. The minimum Gasteiger partial charge on any atom is -0.460 e. The number of carbonyl (C=O) groups excluding carboxylic acids is 3. The number of carbonyl (C=O) groups is 3. The first-order valence-electron chi connectivity index (χ1n) is 9.26. The molecule has 166 valence electrons. The van der Waals surface area contributed by atoms with E-state index in [1.165, 1.54) is 4.90 Å². The first-order valence-corrected chi connectivity index (χ1v) is 9.26. The predicted molar refractivity (Wildman–Crippen MR) is 111 cm³/mol. The third-order valence-electron chi connectivity index (χ3n) is 3.29. The van der Waals surface area contributed by atoms with E-state index in [4.69, 9.17) is 24.9 Å². The van der Waals surface area contributed by atoms with Gasteiger partial charge in [-0.05, 0) is 34.6 Å². The number of amides is 2. The number of hydrogen-bond acceptors (Lipinski definition) is 6. The molecule has 0 radical (unpaired) electrons. The number of likely N-dealkylation sites (N-methyl/N-ethyl adjacent to an activating group) is 2. The Labute approximate surface area is 178 Å². The number of amidine groups is 1. The summed E-state index contributed by atoms with van der Waals surface area (Å²) in [7, 11) is 0. The van der Waals surface area contributed by atoms with E-state index in [0.717, 1.165) is 0 Å². The van der Waals surface area contributed by atoms with Crippen LogP contribution < -0.4 is 0 Å². The Morgan fingerprint density at radius 1 is 0.867 bits per heavy atom. The van der Waals surface area contributed by atoms with Gasteiger partial charge in [0.2, 0.25) is 0 Å². The molecule has 0 aliphatic carbocycles. The lowest BCUT2D eigenvalue weighted by atomic mass is 10.4. The normalized spacial score (nSPS) is 9.07. The number of esters is 1. The molecule has 0 aliphatic rings. The van der Waals surface area contributed by atoms with Crippen LogP contribution in [0.5, 0.6) is 0 Å². The highest BCUT2D eigenvalue weighted by atomic mass is 16.5. The summed E-state index contributed by atoms with van der Waals surface area (Å²) in [5.41, 5.74) is 0. The maximum Gasteiger partial charge on any atom is 0.387 e. The van der Waals surface area contributed by atoms with Gasteiger partial charge in [0.15, 0.2) is 0 Å². The number of nitrogens with zero attached hydrogens (tertiary/aromatic N) is 6. The molecule has 11 nitrogen and oxygen atoms in total. The van der Waals surface area contributed by atoms with E-state index >= 15 is 0 Å². The molecular weight excluding hydrogens is 392 g/mol. The Kier molecular flexibility index (Phi) is 22.4. The number of rotatable bonds is 7. The summed E-state index contributed by atoms with van der Waals surface area (Å²) in [6, 6.07) is 0. The fourth-order valence-corrected chi connectivity index (χ4v) is 1.78. The van der Waals surface area contributed by atoms with Crippen molar-refractivity contribution in [3.63, 3.8) is 0 Å². The maximum atomic E-state index is 11.2. The summed E-state index contributed by atoms with van der Waals surface area (Å²) in [4.78, 5) is 44.0. The Morgan fingerprint density at radius 3 is 1.63 bits per heavy atom. The highest BCUT2D eigenvalue weighted by molar-refractivity contribution is 6.41. The van der Waals surface area contributed by atoms with Gasteiger partial charge in [0.1, 0.15) is 0 Å². The van der Waals surface area contributed by atoms with Crippen molar-refractivity contribution in [1.29, 1.82) is 0 Å². The zero-order valence-corrected chi connectivity index (χ0v) is 18.2. The average Bonchev–Trinajstić information content (AvgIpc) is 2.72. The molecule has 2 amide bonds. The molecule has 0 saturated heterocycles. The summed E-state index contributed by atoms with van der Waals surface area (Å²) in [6.07, 6.45) is 0. The average molecular weight is 422 g/mol. The van der Waals surface area contributed by atoms with Crippen molar-refractivity contribution in [2.75, 3.05) is 45.9 Å². The Bertz CT molecular complexity index is 664. The van der Waals surface area contributed by atoms with Gasteiger partial charge >= 0.3 is 24.3 Å². The Balaban J connectivity index is -0.000000372. The molecule has 0 spiro atoms. The molecule has 0 fully saturated rings. The van der Waals surface area contributed by atoms with Gasteiger partial charge in [-0.25, -0.2) is 17.9 Å². The summed E-state index contributed by atoms with van der Waals surface area (Å²) in [5, 5.41) is 10.9. The quantitative estimate of drug-likeness (QED) is 0.168. The van der Waals surface area contributed by atoms with E-state index in [9.17, 15) is 14.4 Å². The lowest BCUT2D eigenvalue weighted by Crippen LogP contribution is -2.35. The molecule has 0 heterocycles. The predicted octanol–water partition coefficient (Wildman–Crippen LogP) is 1.80. The van der Waals surface area contributed by atoms with Crippen LogP contribution in [-0.2, 0) is 19.1 Å². The van der Waals surface area contributed by atoms with Crippen molar-refractivity contribution < 1.29 is 24.3 Å². The van der Waals surface area contributed by atoms with Gasteiger partial charge in [0.05, 0.1) is 11.8 Å². The second-order valence-corrected chi connectivity index (χ2v) is 5.02. The second-order valence-electron chi connectivity index (χ2n) is 5.02. The van der Waals surface area contributed by atoms with Crippen LogP contribution in [-0.4, -0.2) is 84.5 Å². The molecule has 0 unspecified atom stereocenters. The molecule has 0 bridgehead atoms. The Hall–Kier alpha value is -3.65. The molecule has 1 N–H and O–H groups in total. The van der Waals surface area contributed by atoms with Crippen LogP contribution >= 0.6 is 0 Å². The molecule has 0 aliphatic heterocycles. The second kappa shape index (κ2) is 21.6. The van der Waals surface area contributed by atoms with E-state index in [-0.39, 0.29) is 19.0 Å². The maximum absolute atomic E-state index is 11.2. The van der Waals surface area contributed by atoms with E-state index in [0.29, 0.717) is 32.8 Å². The first kappa shape index (κ1) is 31.1. The molecule has 30 heavy (non-hydrogen) atoms. The van der Waals surface area contributed by atoms with Crippen molar-refractivity contribution >= 4 is 23.6 Å². The molecule has 0 saturated carbocycles. The zero-order valence-electron chi connectivity index (χ0n) is 18.2. The van der Waals surface area contributed by atoms with Gasteiger partial charge in [-0.2, -0.15) is 0 Å². The molecule has 0 rings (SSSR count). The highest BCUT2D eigenvalue weighted by Gasteiger charge is 2.17. The highest BCUT2D eigenvalue weighted by Crippen LogP contribution is 1.93. The van der Waals surface area contributed by atoms with Crippen molar-refractivity contribution in [3.05, 3.63) is 34.3 Å². The molecule has 0 aromatic rings. The van der Waals surface area contributed by atoms with Gasteiger partial charge in [-0.1, -0.05) is 6.57 Å². The summed E-state index contributed by atoms with van der Waals surface area (Å²) >= 11 is 0. The van der Waals surface area contributed by atoms with Crippen molar-refractivity contribution in [2.45, 2.75) is 34.6 Å². The minimum absolute atomic E-state index is 0.0122. The zero-order chi connectivity index (χ0) is 23.9. The standard InChI is InChI=1S/C7H11N3O2.C7H12N2O.C5H7NO2/c1-4-10(5-2)7(11)6(8-3)9-12;1-4-9(5-2)7(10)6-8-3;1-3-8-5(7)4-6-2/h12H,4-5H2,1-2H3;4-6H2,1-2H3;3-4H2,1H3/b9-6-;;. The fourth-order valence-electron chi connectivity index (χ4n) is 1.78. The van der Waals surface area contributed by atoms with Crippen LogP contribution in [0, 0.1) is 19.7 Å². The van der Waals surface area contributed by atoms with Crippen molar-refractivity contribution in [3.8, 4) is 0 Å². The van der Waals surface area contributed by atoms with Crippen LogP contribution in [0.1, 0.15) is 34.6 Å². The molecule has 0 aromatic carbocycles. The molecule has 0 aromatic heterocycles. The third kappa shape index (κ3) is 15.4. The minimum atomic E-state index is -0.530. The lowest BCUT2D eigenvalue weighted by molar-refractivity contribution is -0.140. The third-order valence-corrected chi connectivity index (χ3v) is 3.29. The number of ether oxygens (including phenoxy) is 1. The van der Waals surface area contributed by atoms with Crippen LogP contribution in [0.3, 0.4) is 0 Å². The van der Waals surface area contributed by atoms with E-state index in [1.54, 1.807) is 25.7 Å². The SMILES string of the molecule is [C-]#[N+]/C(=N\O)C(=O)N(CC)CC.[C-]#[N+]CC(=O)N(CC)CC.[C-]#[N+]CC(=O)OCC. The number of hydrogen-bond donors (Lipinski definition) is 1.